The normalized spacial score (nSPS) is 32.5. The molecule has 0 unspecified atom stereocenters. The molecule has 0 aliphatic carbocycles. The first-order valence-corrected chi connectivity index (χ1v) is 6.66. The summed E-state index contributed by atoms with van der Waals surface area (Å²) in [6.45, 7) is 5.67. The van der Waals surface area contributed by atoms with Gasteiger partial charge in [0.15, 0.2) is 0 Å². The summed E-state index contributed by atoms with van der Waals surface area (Å²) in [4.78, 5) is 11.3. The predicted molar refractivity (Wildman–Crippen MR) is 48.0 cm³/mol. The molecule has 2 aliphatic heterocycles. The van der Waals surface area contributed by atoms with E-state index in [-0.39, 0.29) is 6.03 Å². The van der Waals surface area contributed by atoms with Crippen LogP contribution in [0.25, 0.3) is 0 Å². The van der Waals surface area contributed by atoms with Gasteiger partial charge < -0.3 is 0 Å². The zero-order valence-electron chi connectivity index (χ0n) is 7.61. The summed E-state index contributed by atoms with van der Waals surface area (Å²) in [5.41, 5.74) is 0. The quantitative estimate of drug-likeness (QED) is 0.539. The molecule has 0 bridgehead atoms. The number of nitrogens with zero attached hydrogens (tertiary/aromatic N) is 3. The molecule has 12 heavy (non-hydrogen) atoms. The van der Waals surface area contributed by atoms with Gasteiger partial charge >= 0.3 is 70.2 Å². The Kier molecular flexibility index (Phi) is 1.04. The molecule has 0 aromatic carbocycles. The molecule has 1 saturated heterocycles. The molecule has 0 radical (unpaired) electrons. The zero-order chi connectivity index (χ0) is 9.17. The van der Waals surface area contributed by atoms with E-state index in [4.69, 9.17) is 4.52 Å². The van der Waals surface area contributed by atoms with E-state index in [2.05, 4.69) is 5.10 Å². The standard InChI is InChI=1S/C6H12N3O2P/c1-5-7-9-6(10)8(2)12(9,3,4)11-5/h1-4H3. The Morgan fingerprint density at radius 1 is 1.50 bits per heavy atom. The van der Waals surface area contributed by atoms with Crippen LogP contribution in [0.3, 0.4) is 0 Å². The number of hydrogen-bond acceptors (Lipinski definition) is 3. The molecule has 2 aliphatic rings. The maximum absolute atomic E-state index is 11.3. The summed E-state index contributed by atoms with van der Waals surface area (Å²) >= 11 is 0. The van der Waals surface area contributed by atoms with Crippen LogP contribution in [0.5, 0.6) is 0 Å². The summed E-state index contributed by atoms with van der Waals surface area (Å²) in [6, 6.07) is -0.0745. The van der Waals surface area contributed by atoms with Crippen LogP contribution in [-0.2, 0) is 4.52 Å². The first-order valence-electron chi connectivity index (χ1n) is 3.70. The van der Waals surface area contributed by atoms with Crippen molar-refractivity contribution >= 4 is 19.1 Å². The van der Waals surface area contributed by atoms with Crippen molar-refractivity contribution in [1.82, 2.24) is 9.45 Å². The van der Waals surface area contributed by atoms with Gasteiger partial charge in [0.2, 0.25) is 0 Å². The summed E-state index contributed by atoms with van der Waals surface area (Å²) in [5.74, 6) is 0.579. The molecule has 0 aromatic heterocycles. The van der Waals surface area contributed by atoms with E-state index >= 15 is 0 Å². The average molecular weight is 189 g/mol. The van der Waals surface area contributed by atoms with E-state index in [1.807, 2.05) is 13.3 Å². The summed E-state index contributed by atoms with van der Waals surface area (Å²) < 4.78 is 8.77. The number of hydrazone groups is 1. The Morgan fingerprint density at radius 3 is 2.58 bits per heavy atom. The number of hydrogen-bond donors (Lipinski definition) is 0. The third-order valence-corrected chi connectivity index (χ3v) is 6.50. The topological polar surface area (TPSA) is 45.1 Å². The number of urea groups is 1. The van der Waals surface area contributed by atoms with Gasteiger partial charge in [-0.2, -0.15) is 0 Å². The average Bonchev–Trinajstić information content (AvgIpc) is 2.18. The number of fused-ring (bicyclic) bond motifs is 1. The van der Waals surface area contributed by atoms with Crippen molar-refractivity contribution < 1.29 is 9.32 Å². The van der Waals surface area contributed by atoms with Gasteiger partial charge in [-0.05, 0) is 0 Å². The van der Waals surface area contributed by atoms with Gasteiger partial charge in [0.25, 0.3) is 0 Å². The SMILES string of the molecule is CC1=NN2C(=O)N(C)P2(C)(C)O1. The van der Waals surface area contributed by atoms with Crippen molar-refractivity contribution in [3.8, 4) is 0 Å². The molecule has 68 valence electrons. The van der Waals surface area contributed by atoms with E-state index in [1.165, 1.54) is 4.78 Å². The molecule has 1 fully saturated rings. The van der Waals surface area contributed by atoms with Crippen LogP contribution in [0.2, 0.25) is 0 Å². The van der Waals surface area contributed by atoms with Gasteiger partial charge in [-0.1, -0.05) is 0 Å². The van der Waals surface area contributed by atoms with E-state index in [1.54, 1.807) is 18.6 Å². The third kappa shape index (κ3) is 0.556. The fraction of sp³-hybridized carbons (Fsp3) is 0.667. The zero-order valence-corrected chi connectivity index (χ0v) is 8.50. The van der Waals surface area contributed by atoms with Gasteiger partial charge in [-0.3, -0.25) is 0 Å². The molecular formula is C6H12N3O2P. The molecule has 2 rings (SSSR count). The summed E-state index contributed by atoms with van der Waals surface area (Å²) in [7, 11) is -0.792. The van der Waals surface area contributed by atoms with Crippen LogP contribution in [0.1, 0.15) is 6.92 Å². The van der Waals surface area contributed by atoms with Crippen LogP contribution >= 0.6 is 7.13 Å². The number of amides is 2. The Bertz CT molecular complexity index is 312. The Morgan fingerprint density at radius 2 is 2.08 bits per heavy atom. The number of rotatable bonds is 0. The van der Waals surface area contributed by atoms with Crippen LogP contribution in [0.4, 0.5) is 4.79 Å². The van der Waals surface area contributed by atoms with Crippen molar-refractivity contribution in [1.29, 1.82) is 0 Å². The van der Waals surface area contributed by atoms with E-state index in [0.29, 0.717) is 5.90 Å². The molecule has 5 nitrogen and oxygen atoms in total. The van der Waals surface area contributed by atoms with Crippen LogP contribution < -0.4 is 0 Å². The van der Waals surface area contributed by atoms with E-state index < -0.39 is 7.13 Å². The van der Waals surface area contributed by atoms with Gasteiger partial charge in [0.1, 0.15) is 0 Å². The number of carbonyl (C=O) groups excluding carboxylic acids is 1. The molecule has 0 spiro atoms. The Hall–Kier alpha value is -0.830. The van der Waals surface area contributed by atoms with Crippen LogP contribution in [-0.4, -0.2) is 41.8 Å². The fourth-order valence-electron chi connectivity index (χ4n) is 1.51. The molecule has 0 N–H and O–H groups in total. The van der Waals surface area contributed by atoms with Gasteiger partial charge in [-0.15, -0.1) is 0 Å². The molecule has 0 saturated carbocycles. The second-order valence-corrected chi connectivity index (χ2v) is 8.56. The predicted octanol–water partition coefficient (Wildman–Crippen LogP) is 1.28. The van der Waals surface area contributed by atoms with Crippen molar-refractivity contribution in [3.05, 3.63) is 0 Å². The van der Waals surface area contributed by atoms with Crippen molar-refractivity contribution in [3.63, 3.8) is 0 Å². The third-order valence-electron chi connectivity index (χ3n) is 2.48. The van der Waals surface area contributed by atoms with Crippen LogP contribution in [0, 0.1) is 0 Å². The molecule has 0 aromatic rings. The fourth-order valence-corrected chi connectivity index (χ4v) is 4.22. The minimum absolute atomic E-state index is 0.0745. The Balaban J connectivity index is 2.46. The van der Waals surface area contributed by atoms with Gasteiger partial charge in [-0.25, -0.2) is 0 Å². The monoisotopic (exact) mass is 189 g/mol. The second kappa shape index (κ2) is 1.59. The summed E-state index contributed by atoms with van der Waals surface area (Å²) in [6.07, 6.45) is 0. The van der Waals surface area contributed by atoms with Gasteiger partial charge in [0.05, 0.1) is 0 Å². The van der Waals surface area contributed by atoms with Gasteiger partial charge in [0, 0.05) is 0 Å². The molecule has 2 heterocycles. The maximum atomic E-state index is 11.3. The molecular weight excluding hydrogens is 177 g/mol. The van der Waals surface area contributed by atoms with Crippen LogP contribution in [0.15, 0.2) is 5.10 Å². The number of carbonyl (C=O) groups is 1. The minimum atomic E-state index is -2.55. The summed E-state index contributed by atoms with van der Waals surface area (Å²) in [5, 5.41) is 4.03. The van der Waals surface area contributed by atoms with Crippen molar-refractivity contribution in [2.24, 2.45) is 5.10 Å². The Labute approximate surface area is 71.1 Å². The first-order chi connectivity index (χ1) is 5.35. The molecule has 0 atom stereocenters. The van der Waals surface area contributed by atoms with Crippen molar-refractivity contribution in [2.45, 2.75) is 6.92 Å². The first kappa shape index (κ1) is 7.80. The molecule has 6 heteroatoms. The second-order valence-electron chi connectivity index (χ2n) is 3.67. The van der Waals surface area contributed by atoms with E-state index in [9.17, 15) is 4.79 Å². The molecule has 2 amide bonds. The van der Waals surface area contributed by atoms with E-state index in [0.717, 1.165) is 0 Å². The van der Waals surface area contributed by atoms with Crippen molar-refractivity contribution in [2.75, 3.05) is 20.4 Å².